The van der Waals surface area contributed by atoms with E-state index in [4.69, 9.17) is 0 Å². The molecule has 0 radical (unpaired) electrons. The first kappa shape index (κ1) is 11.4. The molecule has 0 aromatic carbocycles. The Kier molecular flexibility index (Phi) is 3.99. The lowest BCUT2D eigenvalue weighted by Crippen LogP contribution is -2.27. The third-order valence-corrected chi connectivity index (χ3v) is 2.05. The fourth-order valence-electron chi connectivity index (χ4n) is 1.23. The van der Waals surface area contributed by atoms with Crippen molar-refractivity contribution in [2.45, 2.75) is 0 Å². The molecule has 0 bridgehead atoms. The Labute approximate surface area is 88.1 Å². The fraction of sp³-hybridized carbons (Fsp3) is 0.444. The number of likely N-dealkylation sites (N-methyl/N-ethyl adjacent to an activating group) is 2. The monoisotopic (exact) mass is 210 g/mol. The third kappa shape index (κ3) is 2.88. The summed E-state index contributed by atoms with van der Waals surface area (Å²) in [5, 5.41) is 13.7. The normalized spacial score (nSPS) is 10.0. The van der Waals surface area contributed by atoms with Gasteiger partial charge in [-0.25, -0.2) is 0 Å². The van der Waals surface area contributed by atoms with Crippen LogP contribution in [0.5, 0.6) is 0 Å². The van der Waals surface area contributed by atoms with E-state index >= 15 is 0 Å². The molecule has 0 aliphatic carbocycles. The summed E-state index contributed by atoms with van der Waals surface area (Å²) in [4.78, 5) is 15.8. The molecule has 0 aliphatic rings. The highest BCUT2D eigenvalue weighted by molar-refractivity contribution is 5.58. The SMILES string of the molecule is CNCCN(C)c1cccnc1[N+](=O)[O-]. The molecule has 0 atom stereocenters. The summed E-state index contributed by atoms with van der Waals surface area (Å²) in [6.07, 6.45) is 1.42. The lowest BCUT2D eigenvalue weighted by molar-refractivity contribution is -0.388. The van der Waals surface area contributed by atoms with Crippen LogP contribution < -0.4 is 10.2 Å². The highest BCUT2D eigenvalue weighted by atomic mass is 16.6. The van der Waals surface area contributed by atoms with Gasteiger partial charge in [-0.3, -0.25) is 0 Å². The Hall–Kier alpha value is -1.69. The van der Waals surface area contributed by atoms with E-state index in [9.17, 15) is 10.1 Å². The van der Waals surface area contributed by atoms with Gasteiger partial charge in [0.15, 0.2) is 0 Å². The zero-order valence-electron chi connectivity index (χ0n) is 8.80. The van der Waals surface area contributed by atoms with Crippen LogP contribution in [0, 0.1) is 10.1 Å². The second-order valence-electron chi connectivity index (χ2n) is 3.13. The van der Waals surface area contributed by atoms with Gasteiger partial charge in [-0.15, -0.1) is 0 Å². The van der Waals surface area contributed by atoms with Crippen molar-refractivity contribution in [1.82, 2.24) is 10.3 Å². The molecular formula is C9H14N4O2. The van der Waals surface area contributed by atoms with Crippen molar-refractivity contribution in [2.75, 3.05) is 32.1 Å². The van der Waals surface area contributed by atoms with Crippen LogP contribution in [0.2, 0.25) is 0 Å². The Morgan fingerprint density at radius 3 is 3.00 bits per heavy atom. The molecule has 1 N–H and O–H groups in total. The summed E-state index contributed by atoms with van der Waals surface area (Å²) in [6.45, 7) is 1.46. The van der Waals surface area contributed by atoms with Crippen LogP contribution in [0.3, 0.4) is 0 Å². The van der Waals surface area contributed by atoms with E-state index in [0.717, 1.165) is 6.54 Å². The van der Waals surface area contributed by atoms with Crippen LogP contribution in [0.1, 0.15) is 0 Å². The molecule has 0 saturated carbocycles. The molecule has 0 amide bonds. The van der Waals surface area contributed by atoms with Crippen molar-refractivity contribution < 1.29 is 4.92 Å². The Bertz CT molecular complexity index is 343. The number of nitro groups is 1. The van der Waals surface area contributed by atoms with Gasteiger partial charge in [0, 0.05) is 20.1 Å². The van der Waals surface area contributed by atoms with Gasteiger partial charge in [-0.1, -0.05) is 0 Å². The van der Waals surface area contributed by atoms with Crippen LogP contribution in [-0.4, -0.2) is 37.1 Å². The summed E-state index contributed by atoms with van der Waals surface area (Å²) in [5.41, 5.74) is 0.540. The molecular weight excluding hydrogens is 196 g/mol. The quantitative estimate of drug-likeness (QED) is 0.570. The van der Waals surface area contributed by atoms with Crippen LogP contribution in [0.4, 0.5) is 11.5 Å². The Balaban J connectivity index is 2.87. The summed E-state index contributed by atoms with van der Waals surface area (Å²) in [5.74, 6) is -0.101. The second-order valence-corrected chi connectivity index (χ2v) is 3.13. The van der Waals surface area contributed by atoms with E-state index in [2.05, 4.69) is 10.3 Å². The minimum absolute atomic E-state index is 0.101. The molecule has 1 heterocycles. The van der Waals surface area contributed by atoms with Crippen LogP contribution in [0.15, 0.2) is 18.3 Å². The fourth-order valence-corrected chi connectivity index (χ4v) is 1.23. The van der Waals surface area contributed by atoms with E-state index in [1.807, 2.05) is 11.9 Å². The van der Waals surface area contributed by atoms with E-state index in [0.29, 0.717) is 12.2 Å². The van der Waals surface area contributed by atoms with Gasteiger partial charge in [0.05, 0.1) is 0 Å². The maximum absolute atomic E-state index is 10.7. The molecule has 0 saturated heterocycles. The summed E-state index contributed by atoms with van der Waals surface area (Å²) in [6, 6.07) is 3.39. The van der Waals surface area contributed by atoms with Crippen LogP contribution >= 0.6 is 0 Å². The molecule has 0 aliphatic heterocycles. The molecule has 82 valence electrons. The van der Waals surface area contributed by atoms with Crippen molar-refractivity contribution in [1.29, 1.82) is 0 Å². The third-order valence-electron chi connectivity index (χ3n) is 2.05. The molecule has 1 aromatic rings. The zero-order chi connectivity index (χ0) is 11.3. The minimum Gasteiger partial charge on any atom is -0.366 e. The van der Waals surface area contributed by atoms with Crippen molar-refractivity contribution in [2.24, 2.45) is 0 Å². The first-order valence-electron chi connectivity index (χ1n) is 4.62. The predicted octanol–water partition coefficient (Wildman–Crippen LogP) is 0.645. The minimum atomic E-state index is -0.467. The van der Waals surface area contributed by atoms with Gasteiger partial charge in [0.2, 0.25) is 0 Å². The topological polar surface area (TPSA) is 71.3 Å². The standard InChI is InChI=1S/C9H14N4O2/c1-10-6-7-12(2)8-4-3-5-11-9(8)13(14)15/h3-5,10H,6-7H2,1-2H3. The summed E-state index contributed by atoms with van der Waals surface area (Å²) >= 11 is 0. The van der Waals surface area contributed by atoms with Gasteiger partial charge >= 0.3 is 5.82 Å². The molecule has 1 aromatic heterocycles. The number of nitrogens with one attached hydrogen (secondary N) is 1. The first-order chi connectivity index (χ1) is 7.16. The zero-order valence-corrected chi connectivity index (χ0v) is 8.80. The number of rotatable bonds is 5. The van der Waals surface area contributed by atoms with E-state index in [-0.39, 0.29) is 5.82 Å². The summed E-state index contributed by atoms with van der Waals surface area (Å²) < 4.78 is 0. The van der Waals surface area contributed by atoms with Crippen LogP contribution in [0.25, 0.3) is 0 Å². The lowest BCUT2D eigenvalue weighted by atomic mass is 10.3. The molecule has 6 nitrogen and oxygen atoms in total. The number of hydrogen-bond acceptors (Lipinski definition) is 5. The highest BCUT2D eigenvalue weighted by Gasteiger charge is 2.16. The molecule has 0 fully saturated rings. The average Bonchev–Trinajstić information content (AvgIpc) is 2.25. The number of hydrogen-bond donors (Lipinski definition) is 1. The van der Waals surface area contributed by atoms with Crippen molar-refractivity contribution in [3.05, 3.63) is 28.4 Å². The van der Waals surface area contributed by atoms with Crippen molar-refractivity contribution >= 4 is 11.5 Å². The molecule has 0 unspecified atom stereocenters. The van der Waals surface area contributed by atoms with Crippen molar-refractivity contribution in [3.8, 4) is 0 Å². The van der Waals surface area contributed by atoms with E-state index in [1.54, 1.807) is 19.2 Å². The van der Waals surface area contributed by atoms with Crippen LogP contribution in [-0.2, 0) is 0 Å². The number of pyridine rings is 1. The van der Waals surface area contributed by atoms with Gasteiger partial charge in [0.25, 0.3) is 0 Å². The smallest absolute Gasteiger partial charge is 0.366 e. The molecule has 0 spiro atoms. The van der Waals surface area contributed by atoms with Gasteiger partial charge < -0.3 is 20.3 Å². The van der Waals surface area contributed by atoms with Gasteiger partial charge in [0.1, 0.15) is 11.9 Å². The Morgan fingerprint density at radius 2 is 2.40 bits per heavy atom. The van der Waals surface area contributed by atoms with Gasteiger partial charge in [-0.05, 0) is 29.1 Å². The largest absolute Gasteiger partial charge is 0.387 e. The second kappa shape index (κ2) is 5.26. The molecule has 15 heavy (non-hydrogen) atoms. The number of aromatic nitrogens is 1. The molecule has 6 heteroatoms. The maximum atomic E-state index is 10.7. The Morgan fingerprint density at radius 1 is 1.67 bits per heavy atom. The first-order valence-corrected chi connectivity index (χ1v) is 4.62. The predicted molar refractivity (Wildman–Crippen MR) is 58.1 cm³/mol. The van der Waals surface area contributed by atoms with E-state index in [1.165, 1.54) is 6.20 Å². The summed E-state index contributed by atoms with van der Waals surface area (Å²) in [7, 11) is 3.65. The van der Waals surface area contributed by atoms with E-state index < -0.39 is 4.92 Å². The highest BCUT2D eigenvalue weighted by Crippen LogP contribution is 2.23. The maximum Gasteiger partial charge on any atom is 0.387 e. The van der Waals surface area contributed by atoms with Gasteiger partial charge in [-0.2, -0.15) is 0 Å². The molecule has 1 rings (SSSR count). The number of anilines is 1. The lowest BCUT2D eigenvalue weighted by Gasteiger charge is -2.17. The van der Waals surface area contributed by atoms with Crippen molar-refractivity contribution in [3.63, 3.8) is 0 Å². The number of nitrogens with zero attached hydrogens (tertiary/aromatic N) is 3. The average molecular weight is 210 g/mol.